The number of ether oxygens (including phenoxy) is 2. The summed E-state index contributed by atoms with van der Waals surface area (Å²) in [5, 5.41) is 22.3. The fraction of sp³-hybridized carbons (Fsp3) is 0.536. The van der Waals surface area contributed by atoms with Crippen molar-refractivity contribution in [2.45, 2.75) is 57.2 Å². The van der Waals surface area contributed by atoms with Gasteiger partial charge in [-0.3, -0.25) is 14.3 Å². The van der Waals surface area contributed by atoms with Crippen molar-refractivity contribution in [1.29, 1.82) is 0 Å². The third kappa shape index (κ3) is 5.61. The number of piperidine rings is 1. The summed E-state index contributed by atoms with van der Waals surface area (Å²) in [6.07, 6.45) is 6.93. The van der Waals surface area contributed by atoms with Gasteiger partial charge in [-0.25, -0.2) is 9.80 Å². The molecule has 1 saturated carbocycles. The van der Waals surface area contributed by atoms with Gasteiger partial charge in [0.05, 0.1) is 32.5 Å². The molecular weight excluding hydrogens is 516 g/mol. The van der Waals surface area contributed by atoms with Gasteiger partial charge in [0.2, 0.25) is 11.8 Å². The average molecular weight is 553 g/mol. The largest absolute Gasteiger partial charge is 0.493 e. The minimum absolute atomic E-state index is 0.0578. The van der Waals surface area contributed by atoms with E-state index in [-0.39, 0.29) is 36.2 Å². The van der Waals surface area contributed by atoms with Crippen molar-refractivity contribution in [2.75, 3.05) is 27.3 Å². The third-order valence-corrected chi connectivity index (χ3v) is 8.20. The van der Waals surface area contributed by atoms with Crippen LogP contribution in [0.3, 0.4) is 0 Å². The number of hydrogen-bond acceptors (Lipinski definition) is 7. The van der Waals surface area contributed by atoms with Crippen molar-refractivity contribution in [3.63, 3.8) is 0 Å². The summed E-state index contributed by atoms with van der Waals surface area (Å²) in [6, 6.07) is 6.38. The highest BCUT2D eigenvalue weighted by Gasteiger charge is 2.44. The maximum Gasteiger partial charge on any atom is 0.405 e. The summed E-state index contributed by atoms with van der Waals surface area (Å²) in [6.45, 7) is 0.906. The molecule has 0 bridgehead atoms. The molecule has 1 aromatic carbocycles. The average Bonchev–Trinajstić information content (AvgIpc) is 3.49. The van der Waals surface area contributed by atoms with Crippen molar-refractivity contribution in [1.82, 2.24) is 25.0 Å². The molecule has 2 fully saturated rings. The van der Waals surface area contributed by atoms with E-state index in [4.69, 9.17) is 14.6 Å². The highest BCUT2D eigenvalue weighted by Crippen LogP contribution is 2.40. The molecule has 5 rings (SSSR count). The highest BCUT2D eigenvalue weighted by molar-refractivity contribution is 6.07. The Hall–Kier alpha value is -4.09. The number of amides is 3. The van der Waals surface area contributed by atoms with Crippen LogP contribution in [0.25, 0.3) is 0 Å². The quantitative estimate of drug-likeness (QED) is 0.513. The number of nitrogens with zero attached hydrogens (tertiary/aromatic N) is 5. The number of methoxy groups -OCH3 is 2. The lowest BCUT2D eigenvalue weighted by molar-refractivity contribution is -0.143. The van der Waals surface area contributed by atoms with Gasteiger partial charge in [0, 0.05) is 42.9 Å². The molecule has 3 amide bonds. The Bertz CT molecular complexity index is 1260. The number of carbonyl (C=O) groups is 3. The molecule has 12 heteroatoms. The first-order valence-corrected chi connectivity index (χ1v) is 13.8. The van der Waals surface area contributed by atoms with Crippen LogP contribution >= 0.6 is 0 Å². The summed E-state index contributed by atoms with van der Waals surface area (Å²) in [5.41, 5.74) is 1.81. The lowest BCUT2D eigenvalue weighted by Gasteiger charge is -2.43. The van der Waals surface area contributed by atoms with E-state index in [1.807, 2.05) is 18.2 Å². The van der Waals surface area contributed by atoms with Gasteiger partial charge in [-0.05, 0) is 49.9 Å². The molecule has 1 aromatic heterocycles. The number of hydrazone groups is 1. The van der Waals surface area contributed by atoms with Crippen molar-refractivity contribution < 1.29 is 29.0 Å². The molecule has 3 aliphatic rings. The molecule has 12 nitrogen and oxygen atoms in total. The lowest BCUT2D eigenvalue weighted by atomic mass is 9.73. The van der Waals surface area contributed by atoms with Gasteiger partial charge in [0.25, 0.3) is 0 Å². The minimum Gasteiger partial charge on any atom is -0.493 e. The van der Waals surface area contributed by atoms with Gasteiger partial charge in [-0.15, -0.1) is 0 Å². The van der Waals surface area contributed by atoms with Gasteiger partial charge in [0.15, 0.2) is 11.5 Å². The summed E-state index contributed by atoms with van der Waals surface area (Å²) in [5.74, 6) is 0.946. The number of hydrogen-bond donors (Lipinski definition) is 2. The zero-order valence-corrected chi connectivity index (χ0v) is 22.9. The van der Waals surface area contributed by atoms with E-state index < -0.39 is 12.1 Å². The van der Waals surface area contributed by atoms with Crippen LogP contribution in [0.2, 0.25) is 0 Å². The number of aromatic nitrogens is 2. The molecule has 214 valence electrons. The zero-order chi connectivity index (χ0) is 28.2. The molecule has 3 atom stereocenters. The Kier molecular flexibility index (Phi) is 8.22. The van der Waals surface area contributed by atoms with Crippen LogP contribution in [0, 0.1) is 11.8 Å². The fourth-order valence-electron chi connectivity index (χ4n) is 6.17. The standard InChI is InChI=1S/C28H36N6O6/c1-39-23-9-8-18(16-24(23)40-2)25-20-6-3-4-7-21(20)26(35)34(31-25)19-10-14-32(15-11-19)27(36)22(30-28(37)38)17-33-13-5-12-29-33/h5,8-9,12-13,16,19-22,30H,3-4,6-7,10-11,14-15,17H2,1-2H3,(H,37,38)/t20-,21+,22-/m0/s1. The minimum atomic E-state index is -1.27. The van der Waals surface area contributed by atoms with Gasteiger partial charge in [-0.1, -0.05) is 12.8 Å². The number of carboxylic acid groups (broad SMARTS) is 1. The third-order valence-electron chi connectivity index (χ3n) is 8.20. The van der Waals surface area contributed by atoms with Crippen LogP contribution in [-0.2, 0) is 16.1 Å². The normalized spacial score (nSPS) is 22.2. The molecule has 1 saturated heterocycles. The number of nitrogens with one attached hydrogen (secondary N) is 1. The van der Waals surface area contributed by atoms with Crippen LogP contribution in [-0.4, -0.2) is 87.8 Å². The van der Waals surface area contributed by atoms with Gasteiger partial charge < -0.3 is 24.8 Å². The molecule has 0 unspecified atom stereocenters. The van der Waals surface area contributed by atoms with Crippen LogP contribution in [0.4, 0.5) is 4.79 Å². The van der Waals surface area contributed by atoms with E-state index in [2.05, 4.69) is 10.4 Å². The van der Waals surface area contributed by atoms with Crippen molar-refractivity contribution in [3.05, 3.63) is 42.2 Å². The summed E-state index contributed by atoms with van der Waals surface area (Å²) in [7, 11) is 3.20. The molecule has 2 N–H and O–H groups in total. The summed E-state index contributed by atoms with van der Waals surface area (Å²) in [4.78, 5) is 40.0. The molecule has 3 heterocycles. The van der Waals surface area contributed by atoms with Crippen LogP contribution < -0.4 is 14.8 Å². The smallest absolute Gasteiger partial charge is 0.405 e. The molecule has 0 radical (unpaired) electrons. The molecular formula is C28H36N6O6. The number of carbonyl (C=O) groups excluding carboxylic acids is 2. The Morgan fingerprint density at radius 3 is 2.45 bits per heavy atom. The number of likely N-dealkylation sites (tertiary alicyclic amines) is 1. The molecule has 2 aromatic rings. The Morgan fingerprint density at radius 2 is 1.80 bits per heavy atom. The van der Waals surface area contributed by atoms with E-state index in [9.17, 15) is 19.5 Å². The van der Waals surface area contributed by atoms with Gasteiger partial charge >= 0.3 is 6.09 Å². The summed E-state index contributed by atoms with van der Waals surface area (Å²) < 4.78 is 12.5. The van der Waals surface area contributed by atoms with Crippen LogP contribution in [0.15, 0.2) is 41.8 Å². The highest BCUT2D eigenvalue weighted by atomic mass is 16.5. The molecule has 2 aliphatic heterocycles. The maximum absolute atomic E-state index is 13.7. The summed E-state index contributed by atoms with van der Waals surface area (Å²) >= 11 is 0. The number of rotatable bonds is 8. The second kappa shape index (κ2) is 12.0. The van der Waals surface area contributed by atoms with Crippen LogP contribution in [0.1, 0.15) is 44.1 Å². The van der Waals surface area contributed by atoms with Crippen molar-refractivity contribution in [3.8, 4) is 11.5 Å². The van der Waals surface area contributed by atoms with Crippen molar-refractivity contribution >= 4 is 23.6 Å². The molecule has 1 aliphatic carbocycles. The van der Waals surface area contributed by atoms with E-state index in [1.165, 1.54) is 4.68 Å². The predicted molar refractivity (Wildman–Crippen MR) is 145 cm³/mol. The first-order valence-electron chi connectivity index (χ1n) is 13.8. The monoisotopic (exact) mass is 552 g/mol. The number of fused-ring (bicyclic) bond motifs is 1. The molecule has 40 heavy (non-hydrogen) atoms. The first-order chi connectivity index (χ1) is 19.4. The van der Waals surface area contributed by atoms with Gasteiger partial charge in [-0.2, -0.15) is 10.2 Å². The Labute approximate surface area is 232 Å². The topological polar surface area (TPSA) is 139 Å². The number of benzene rings is 1. The van der Waals surface area contributed by atoms with Gasteiger partial charge in [0.1, 0.15) is 6.04 Å². The molecule has 0 spiro atoms. The predicted octanol–water partition coefficient (Wildman–Crippen LogP) is 2.58. The maximum atomic E-state index is 13.7. The second-order valence-electron chi connectivity index (χ2n) is 10.5. The van der Waals surface area contributed by atoms with Crippen molar-refractivity contribution in [2.24, 2.45) is 16.9 Å². The zero-order valence-electron chi connectivity index (χ0n) is 22.9. The second-order valence-corrected chi connectivity index (χ2v) is 10.5. The van der Waals surface area contributed by atoms with E-state index in [0.29, 0.717) is 37.4 Å². The van der Waals surface area contributed by atoms with E-state index in [1.54, 1.807) is 42.6 Å². The van der Waals surface area contributed by atoms with E-state index in [0.717, 1.165) is 37.0 Å². The first kappa shape index (κ1) is 27.5. The SMILES string of the molecule is COc1ccc(C2=NN(C3CCN(C(=O)[C@H](Cn4cccn4)NC(=O)O)CC3)C(=O)[C@@H]3CCCC[C@H]23)cc1OC. The fourth-order valence-corrected chi connectivity index (χ4v) is 6.17. The Balaban J connectivity index is 1.34. The van der Waals surface area contributed by atoms with Crippen LogP contribution in [0.5, 0.6) is 11.5 Å². The lowest BCUT2D eigenvalue weighted by Crippen LogP contribution is -2.56. The van der Waals surface area contributed by atoms with E-state index >= 15 is 0 Å². The Morgan fingerprint density at radius 1 is 1.07 bits per heavy atom.